The van der Waals surface area contributed by atoms with Crippen molar-refractivity contribution < 1.29 is 19.6 Å². The molecule has 0 fully saturated rings. The molecule has 1 aromatic rings. The van der Waals surface area contributed by atoms with Gasteiger partial charge in [0.2, 0.25) is 0 Å². The minimum atomic E-state index is 0.572. The molecule has 0 aromatic heterocycles. The van der Waals surface area contributed by atoms with Crippen molar-refractivity contribution in [2.24, 2.45) is 3.50 Å². The Morgan fingerprint density at radius 2 is 2.00 bits per heavy atom. The molecule has 0 spiro atoms. The Morgan fingerprint density at radius 1 is 1.33 bits per heavy atom. The second-order valence-corrected chi connectivity index (χ2v) is 3.91. The van der Waals surface area contributed by atoms with E-state index in [1.807, 2.05) is 0 Å². The number of benzene rings is 1. The van der Waals surface area contributed by atoms with Crippen molar-refractivity contribution in [1.29, 1.82) is 0 Å². The zero-order chi connectivity index (χ0) is 9.14. The summed E-state index contributed by atoms with van der Waals surface area (Å²) in [6.07, 6.45) is 0. The molecule has 0 aliphatic carbocycles. The molecule has 0 aliphatic rings. The third kappa shape index (κ3) is 1.90. The summed E-state index contributed by atoms with van der Waals surface area (Å²) in [5.41, 5.74) is 3.85. The van der Waals surface area contributed by atoms with E-state index in [9.17, 15) is 0 Å². The minimum absolute atomic E-state index is 0.572. The Morgan fingerprint density at radius 3 is 2.42 bits per heavy atom. The summed E-state index contributed by atoms with van der Waals surface area (Å²) in [6, 6.07) is 6.39. The molecule has 1 nitrogen and oxygen atoms in total. The summed E-state index contributed by atoms with van der Waals surface area (Å²) < 4.78 is 4.37. The Bertz CT molecular complexity index is 292. The SMILES string of the molecule is Cc1cccc(C(C)C)c1[N]=[W]. The average Bonchev–Trinajstić information content (AvgIpc) is 2.03. The molecular formula is C10H13NW. The quantitative estimate of drug-likeness (QED) is 0.787. The van der Waals surface area contributed by atoms with Crippen LogP contribution in [0.4, 0.5) is 5.69 Å². The molecule has 64 valence electrons. The van der Waals surface area contributed by atoms with E-state index >= 15 is 0 Å². The zero-order valence-corrected chi connectivity index (χ0v) is 10.6. The van der Waals surface area contributed by atoms with Crippen LogP contribution in [0, 0.1) is 6.92 Å². The van der Waals surface area contributed by atoms with Crippen LogP contribution in [0.3, 0.4) is 0 Å². The third-order valence-electron chi connectivity index (χ3n) is 1.98. The molecule has 0 unspecified atom stereocenters. The van der Waals surface area contributed by atoms with Crippen LogP contribution in [-0.4, -0.2) is 0 Å². The van der Waals surface area contributed by atoms with E-state index in [1.54, 1.807) is 0 Å². The molecule has 0 amide bonds. The Balaban J connectivity index is 3.27. The second kappa shape index (κ2) is 4.09. The molecule has 0 saturated carbocycles. The van der Waals surface area contributed by atoms with Crippen molar-refractivity contribution in [3.05, 3.63) is 29.3 Å². The van der Waals surface area contributed by atoms with Gasteiger partial charge in [-0.1, -0.05) is 0 Å². The topological polar surface area (TPSA) is 12.4 Å². The molecule has 0 N–H and O–H groups in total. The van der Waals surface area contributed by atoms with E-state index in [2.05, 4.69) is 42.5 Å². The van der Waals surface area contributed by atoms with E-state index in [-0.39, 0.29) is 0 Å². The van der Waals surface area contributed by atoms with Gasteiger partial charge < -0.3 is 0 Å². The summed E-state index contributed by atoms with van der Waals surface area (Å²) in [6.45, 7) is 6.53. The summed E-state index contributed by atoms with van der Waals surface area (Å²) in [5, 5.41) is 0. The first-order chi connectivity index (χ1) is 5.66. The van der Waals surface area contributed by atoms with Gasteiger partial charge in [0.05, 0.1) is 0 Å². The fraction of sp³-hybridized carbons (Fsp3) is 0.400. The van der Waals surface area contributed by atoms with Crippen LogP contribution < -0.4 is 0 Å². The van der Waals surface area contributed by atoms with Gasteiger partial charge in [-0.15, -0.1) is 0 Å². The van der Waals surface area contributed by atoms with Crippen molar-refractivity contribution in [3.8, 4) is 0 Å². The van der Waals surface area contributed by atoms with Crippen LogP contribution in [0.1, 0.15) is 30.9 Å². The van der Waals surface area contributed by atoms with Crippen LogP contribution in [0.2, 0.25) is 0 Å². The van der Waals surface area contributed by atoms with Crippen molar-refractivity contribution >= 4 is 5.69 Å². The number of hydrogen-bond donors (Lipinski definition) is 0. The molecule has 0 radical (unpaired) electrons. The van der Waals surface area contributed by atoms with Crippen molar-refractivity contribution in [1.82, 2.24) is 0 Å². The summed E-state index contributed by atoms with van der Waals surface area (Å²) >= 11 is 1.28. The maximum atomic E-state index is 4.37. The Labute approximate surface area is 84.9 Å². The van der Waals surface area contributed by atoms with Crippen molar-refractivity contribution in [2.75, 3.05) is 0 Å². The van der Waals surface area contributed by atoms with Gasteiger partial charge >= 0.3 is 84.8 Å². The molecule has 0 atom stereocenters. The maximum absolute atomic E-state index is 4.37. The average molecular weight is 331 g/mol. The molecule has 2 heteroatoms. The molecule has 0 saturated heterocycles. The van der Waals surface area contributed by atoms with E-state index in [0.29, 0.717) is 5.92 Å². The zero-order valence-electron chi connectivity index (χ0n) is 7.66. The van der Waals surface area contributed by atoms with E-state index in [1.165, 1.54) is 36.4 Å². The normalized spacial score (nSPS) is 10.3. The second-order valence-electron chi connectivity index (χ2n) is 3.26. The van der Waals surface area contributed by atoms with Crippen LogP contribution in [0.5, 0.6) is 0 Å². The number of aryl methyl sites for hydroxylation is 1. The van der Waals surface area contributed by atoms with Crippen LogP contribution >= 0.6 is 0 Å². The van der Waals surface area contributed by atoms with Gasteiger partial charge in [-0.05, 0) is 0 Å². The molecule has 0 heterocycles. The molecular weight excluding hydrogens is 318 g/mol. The standard InChI is InChI=1S/C10H13N.W/c1-7(2)9-6-4-5-8(3)10(9)11;/h4-7H,1-3H3;. The summed E-state index contributed by atoms with van der Waals surface area (Å²) in [4.78, 5) is 0. The van der Waals surface area contributed by atoms with Crippen molar-refractivity contribution in [2.45, 2.75) is 26.7 Å². The van der Waals surface area contributed by atoms with E-state index < -0.39 is 0 Å². The van der Waals surface area contributed by atoms with Gasteiger partial charge in [0, 0.05) is 0 Å². The Hall–Kier alpha value is -0.292. The summed E-state index contributed by atoms with van der Waals surface area (Å²) in [7, 11) is 0. The number of nitrogens with zero attached hydrogens (tertiary/aromatic N) is 1. The number of hydrogen-bond acceptors (Lipinski definition) is 1. The predicted octanol–water partition coefficient (Wildman–Crippen LogP) is 3.48. The van der Waals surface area contributed by atoms with Gasteiger partial charge in [0.15, 0.2) is 0 Å². The molecule has 1 rings (SSSR count). The first-order valence-corrected chi connectivity index (χ1v) is 5.41. The fourth-order valence-corrected chi connectivity index (χ4v) is 2.17. The predicted molar refractivity (Wildman–Crippen MR) is 47.4 cm³/mol. The molecule has 1 aromatic carbocycles. The van der Waals surface area contributed by atoms with Crippen LogP contribution in [0.15, 0.2) is 21.7 Å². The van der Waals surface area contributed by atoms with E-state index in [4.69, 9.17) is 0 Å². The molecule has 0 bridgehead atoms. The van der Waals surface area contributed by atoms with Crippen molar-refractivity contribution in [3.63, 3.8) is 0 Å². The van der Waals surface area contributed by atoms with E-state index in [0.717, 1.165) is 0 Å². The number of rotatable bonds is 2. The molecule has 0 aliphatic heterocycles. The summed E-state index contributed by atoms with van der Waals surface area (Å²) in [5.74, 6) is 0.572. The van der Waals surface area contributed by atoms with Gasteiger partial charge in [0.25, 0.3) is 0 Å². The molecule has 12 heavy (non-hydrogen) atoms. The third-order valence-corrected chi connectivity index (χ3v) is 2.64. The van der Waals surface area contributed by atoms with Gasteiger partial charge in [-0.25, -0.2) is 0 Å². The van der Waals surface area contributed by atoms with Crippen LogP contribution in [-0.2, 0) is 19.6 Å². The first-order valence-electron chi connectivity index (χ1n) is 4.09. The van der Waals surface area contributed by atoms with Gasteiger partial charge in [-0.2, -0.15) is 0 Å². The monoisotopic (exact) mass is 331 g/mol. The van der Waals surface area contributed by atoms with Crippen LogP contribution in [0.25, 0.3) is 0 Å². The first kappa shape index (κ1) is 9.79. The Kier molecular flexibility index (Phi) is 3.34. The fourth-order valence-electron chi connectivity index (χ4n) is 1.27. The van der Waals surface area contributed by atoms with Gasteiger partial charge in [-0.3, -0.25) is 0 Å². The van der Waals surface area contributed by atoms with Gasteiger partial charge in [0.1, 0.15) is 0 Å².